The standard InChI is InChI=1S/C26H20BrNO/c27-21-13-10-20(11-14-21)23-16-25(29)28(17-18-6-2-1-3-7-18)24-15-12-19-8-4-5-9-22(19)26(23)24/h1-15,23H,16-17H2. The van der Waals surface area contributed by atoms with Crippen molar-refractivity contribution in [1.29, 1.82) is 0 Å². The van der Waals surface area contributed by atoms with Gasteiger partial charge in [0, 0.05) is 22.5 Å². The van der Waals surface area contributed by atoms with Crippen LogP contribution < -0.4 is 4.90 Å². The number of amides is 1. The summed E-state index contributed by atoms with van der Waals surface area (Å²) in [6, 6.07) is 31.3. The molecule has 0 spiro atoms. The molecule has 0 saturated heterocycles. The van der Waals surface area contributed by atoms with E-state index in [1.165, 1.54) is 21.9 Å². The number of fused-ring (bicyclic) bond motifs is 3. The Bertz CT molecular complexity index is 1180. The highest BCUT2D eigenvalue weighted by molar-refractivity contribution is 9.10. The molecular weight excluding hydrogens is 422 g/mol. The maximum Gasteiger partial charge on any atom is 0.228 e. The van der Waals surface area contributed by atoms with E-state index >= 15 is 0 Å². The van der Waals surface area contributed by atoms with Crippen LogP contribution in [0.25, 0.3) is 10.8 Å². The van der Waals surface area contributed by atoms with Gasteiger partial charge in [0.2, 0.25) is 5.91 Å². The van der Waals surface area contributed by atoms with E-state index in [1.54, 1.807) is 0 Å². The normalized spacial score (nSPS) is 16.1. The van der Waals surface area contributed by atoms with E-state index in [4.69, 9.17) is 0 Å². The first kappa shape index (κ1) is 18.1. The average Bonchev–Trinajstić information content (AvgIpc) is 2.76. The summed E-state index contributed by atoms with van der Waals surface area (Å²) in [6.07, 6.45) is 0.482. The Kier molecular flexibility index (Phi) is 4.69. The lowest BCUT2D eigenvalue weighted by Gasteiger charge is -2.35. The molecule has 0 bridgehead atoms. The monoisotopic (exact) mass is 441 g/mol. The van der Waals surface area contributed by atoms with Crippen LogP contribution in [0.1, 0.15) is 29.0 Å². The van der Waals surface area contributed by atoms with Crippen LogP contribution in [0.2, 0.25) is 0 Å². The number of halogens is 1. The second-order valence-corrected chi connectivity index (χ2v) is 8.41. The van der Waals surface area contributed by atoms with Crippen LogP contribution in [0, 0.1) is 0 Å². The summed E-state index contributed by atoms with van der Waals surface area (Å²) >= 11 is 3.52. The van der Waals surface area contributed by atoms with E-state index < -0.39 is 0 Å². The molecule has 0 radical (unpaired) electrons. The van der Waals surface area contributed by atoms with Crippen molar-refractivity contribution in [3.63, 3.8) is 0 Å². The summed E-state index contributed by atoms with van der Waals surface area (Å²) in [5.74, 6) is 0.230. The smallest absolute Gasteiger partial charge is 0.228 e. The molecule has 1 aliphatic heterocycles. The summed E-state index contributed by atoms with van der Waals surface area (Å²) in [6.45, 7) is 0.595. The van der Waals surface area contributed by atoms with Crippen molar-refractivity contribution < 1.29 is 4.79 Å². The molecule has 3 heteroatoms. The Labute approximate surface area is 178 Å². The summed E-state index contributed by atoms with van der Waals surface area (Å²) < 4.78 is 1.05. The number of hydrogen-bond acceptors (Lipinski definition) is 1. The summed E-state index contributed by atoms with van der Waals surface area (Å²) in [7, 11) is 0. The Morgan fingerprint density at radius 2 is 1.55 bits per heavy atom. The van der Waals surface area contributed by atoms with Crippen LogP contribution >= 0.6 is 15.9 Å². The van der Waals surface area contributed by atoms with Crippen molar-refractivity contribution >= 4 is 38.3 Å². The van der Waals surface area contributed by atoms with E-state index in [0.717, 1.165) is 15.7 Å². The first-order chi connectivity index (χ1) is 14.2. The van der Waals surface area contributed by atoms with E-state index in [-0.39, 0.29) is 11.8 Å². The van der Waals surface area contributed by atoms with Crippen molar-refractivity contribution in [2.45, 2.75) is 18.9 Å². The molecule has 1 atom stereocenters. The highest BCUT2D eigenvalue weighted by atomic mass is 79.9. The van der Waals surface area contributed by atoms with Crippen molar-refractivity contribution in [3.05, 3.63) is 112 Å². The maximum absolute atomic E-state index is 13.3. The molecule has 1 amide bonds. The van der Waals surface area contributed by atoms with Crippen LogP contribution in [0.5, 0.6) is 0 Å². The highest BCUT2D eigenvalue weighted by Crippen LogP contribution is 2.44. The van der Waals surface area contributed by atoms with Crippen LogP contribution in [-0.4, -0.2) is 5.91 Å². The number of carbonyl (C=O) groups is 1. The van der Waals surface area contributed by atoms with Gasteiger partial charge in [-0.3, -0.25) is 4.79 Å². The maximum atomic E-state index is 13.3. The Hall–Kier alpha value is -2.91. The van der Waals surface area contributed by atoms with Gasteiger partial charge in [0.1, 0.15) is 0 Å². The number of rotatable bonds is 3. The van der Waals surface area contributed by atoms with E-state index in [9.17, 15) is 4.79 Å². The van der Waals surface area contributed by atoms with E-state index in [0.29, 0.717) is 13.0 Å². The third-order valence-electron chi connectivity index (χ3n) is 5.72. The number of anilines is 1. The van der Waals surface area contributed by atoms with Gasteiger partial charge in [0.25, 0.3) is 0 Å². The van der Waals surface area contributed by atoms with Gasteiger partial charge in [0.15, 0.2) is 0 Å². The van der Waals surface area contributed by atoms with E-state index in [2.05, 4.69) is 88.7 Å². The fourth-order valence-corrected chi connectivity index (χ4v) is 4.59. The van der Waals surface area contributed by atoms with Crippen molar-refractivity contribution in [3.8, 4) is 0 Å². The summed E-state index contributed by atoms with van der Waals surface area (Å²) in [5.41, 5.74) is 4.60. The number of benzene rings is 4. The minimum atomic E-state index is 0.0590. The fraction of sp³-hybridized carbons (Fsp3) is 0.115. The van der Waals surface area contributed by atoms with Crippen LogP contribution in [0.4, 0.5) is 5.69 Å². The molecule has 0 aliphatic carbocycles. The number of nitrogens with zero attached hydrogens (tertiary/aromatic N) is 1. The molecule has 1 unspecified atom stereocenters. The first-order valence-electron chi connectivity index (χ1n) is 9.82. The topological polar surface area (TPSA) is 20.3 Å². The lowest BCUT2D eigenvalue weighted by atomic mass is 9.81. The minimum absolute atomic E-state index is 0.0590. The summed E-state index contributed by atoms with van der Waals surface area (Å²) in [5, 5.41) is 2.44. The molecule has 5 rings (SSSR count). The Morgan fingerprint density at radius 1 is 0.828 bits per heavy atom. The molecule has 142 valence electrons. The highest BCUT2D eigenvalue weighted by Gasteiger charge is 2.33. The first-order valence-corrected chi connectivity index (χ1v) is 10.6. The molecule has 0 fully saturated rings. The van der Waals surface area contributed by atoms with Gasteiger partial charge in [-0.25, -0.2) is 0 Å². The molecule has 4 aromatic carbocycles. The molecule has 4 aromatic rings. The Morgan fingerprint density at radius 3 is 2.34 bits per heavy atom. The predicted molar refractivity (Wildman–Crippen MR) is 122 cm³/mol. The molecular formula is C26H20BrNO. The van der Waals surface area contributed by atoms with Crippen molar-refractivity contribution in [2.75, 3.05) is 4.90 Å². The Balaban J connectivity index is 1.69. The zero-order chi connectivity index (χ0) is 19.8. The SMILES string of the molecule is O=C1CC(c2ccc(Br)cc2)c2c(ccc3ccccc23)N1Cc1ccccc1. The zero-order valence-corrected chi connectivity index (χ0v) is 17.5. The molecule has 29 heavy (non-hydrogen) atoms. The van der Waals surface area contributed by atoms with Gasteiger partial charge in [-0.15, -0.1) is 0 Å². The zero-order valence-electron chi connectivity index (χ0n) is 15.9. The van der Waals surface area contributed by atoms with Gasteiger partial charge >= 0.3 is 0 Å². The fourth-order valence-electron chi connectivity index (χ4n) is 4.33. The lowest BCUT2D eigenvalue weighted by molar-refractivity contribution is -0.119. The second-order valence-electron chi connectivity index (χ2n) is 7.49. The molecule has 0 saturated carbocycles. The van der Waals surface area contributed by atoms with Gasteiger partial charge in [-0.05, 0) is 45.7 Å². The van der Waals surface area contributed by atoms with Crippen LogP contribution in [0.15, 0.2) is 95.5 Å². The third kappa shape index (κ3) is 3.36. The molecule has 1 heterocycles. The van der Waals surface area contributed by atoms with Crippen LogP contribution in [-0.2, 0) is 11.3 Å². The van der Waals surface area contributed by atoms with Gasteiger partial charge in [0.05, 0.1) is 6.54 Å². The molecule has 0 N–H and O–H groups in total. The van der Waals surface area contributed by atoms with Crippen LogP contribution in [0.3, 0.4) is 0 Å². The van der Waals surface area contributed by atoms with Crippen molar-refractivity contribution in [1.82, 2.24) is 0 Å². The second kappa shape index (κ2) is 7.49. The molecule has 1 aliphatic rings. The average molecular weight is 442 g/mol. The third-order valence-corrected chi connectivity index (χ3v) is 6.25. The van der Waals surface area contributed by atoms with Gasteiger partial charge in [-0.2, -0.15) is 0 Å². The number of hydrogen-bond donors (Lipinski definition) is 0. The summed E-state index contributed by atoms with van der Waals surface area (Å²) in [4.78, 5) is 15.2. The van der Waals surface area contributed by atoms with E-state index in [1.807, 2.05) is 23.1 Å². The molecule has 2 nitrogen and oxygen atoms in total. The van der Waals surface area contributed by atoms with Gasteiger partial charge < -0.3 is 4.90 Å². The number of carbonyl (C=O) groups excluding carboxylic acids is 1. The van der Waals surface area contributed by atoms with Gasteiger partial charge in [-0.1, -0.05) is 88.7 Å². The molecule has 0 aromatic heterocycles. The quantitative estimate of drug-likeness (QED) is 0.347. The minimum Gasteiger partial charge on any atom is -0.308 e. The predicted octanol–water partition coefficient (Wildman–Crippen LogP) is 6.67. The lowest BCUT2D eigenvalue weighted by Crippen LogP contribution is -2.36. The largest absolute Gasteiger partial charge is 0.308 e. The van der Waals surface area contributed by atoms with Crippen molar-refractivity contribution in [2.24, 2.45) is 0 Å².